The number of aliphatic hydroxyl groups is 1. The first-order valence-electron chi connectivity index (χ1n) is 10.8. The van der Waals surface area contributed by atoms with Crippen molar-refractivity contribution in [3.05, 3.63) is 58.8 Å². The van der Waals surface area contributed by atoms with Gasteiger partial charge in [0.2, 0.25) is 5.75 Å². The number of rotatable bonds is 7. The van der Waals surface area contributed by atoms with Crippen LogP contribution in [0.25, 0.3) is 22.6 Å². The van der Waals surface area contributed by atoms with Crippen LogP contribution in [0.1, 0.15) is 40.0 Å². The lowest BCUT2D eigenvalue weighted by Gasteiger charge is -2.22. The minimum atomic E-state index is -0.437. The van der Waals surface area contributed by atoms with Gasteiger partial charge in [0.15, 0.2) is 11.5 Å². The van der Waals surface area contributed by atoms with E-state index in [1.807, 2.05) is 42.5 Å². The Labute approximate surface area is 192 Å². The summed E-state index contributed by atoms with van der Waals surface area (Å²) in [5, 5.41) is 9.87. The second kappa shape index (κ2) is 9.92. The van der Waals surface area contributed by atoms with E-state index in [1.165, 1.54) is 0 Å². The van der Waals surface area contributed by atoms with Crippen LogP contribution in [0.15, 0.2) is 36.4 Å². The third kappa shape index (κ3) is 4.36. The Morgan fingerprint density at radius 3 is 2.45 bits per heavy atom. The normalized spacial score (nSPS) is 14.1. The van der Waals surface area contributed by atoms with Gasteiger partial charge in [0.25, 0.3) is 0 Å². The van der Waals surface area contributed by atoms with E-state index in [4.69, 9.17) is 29.0 Å². The highest BCUT2D eigenvalue weighted by Gasteiger charge is 2.26. The van der Waals surface area contributed by atoms with E-state index in [0.717, 1.165) is 52.6 Å². The number of carbonyl (C=O) groups excluding carboxylic acids is 1. The van der Waals surface area contributed by atoms with Gasteiger partial charge in [0, 0.05) is 5.39 Å². The Balaban J connectivity index is 1.89. The Hall–Kier alpha value is -3.58. The second-order valence-electron chi connectivity index (χ2n) is 7.67. The molecule has 1 aliphatic carbocycles. The van der Waals surface area contributed by atoms with E-state index in [0.29, 0.717) is 22.8 Å². The SMILES string of the molecule is COc1cc(/C=C2\CCCc3c2nc2ccccc2c3C(=O)OCCO)cc(OC)c1OC. The maximum absolute atomic E-state index is 13.0. The number of aliphatic hydroxyl groups excluding tert-OH is 1. The van der Waals surface area contributed by atoms with Crippen molar-refractivity contribution in [1.29, 1.82) is 0 Å². The third-order valence-corrected chi connectivity index (χ3v) is 5.73. The zero-order valence-electron chi connectivity index (χ0n) is 19.0. The minimum Gasteiger partial charge on any atom is -0.493 e. The van der Waals surface area contributed by atoms with Crippen LogP contribution in [0, 0.1) is 0 Å². The predicted octanol–water partition coefficient (Wildman–Crippen LogP) is 4.29. The standard InChI is InChI=1S/C26H27NO6/c1-30-21-14-16(15-22(31-2)25(21)32-3)13-17-7-6-9-19-23(26(29)33-12-11-28)18-8-4-5-10-20(18)27-24(17)19/h4-5,8,10,13-15,28H,6-7,9,11-12H2,1-3H3/b17-13+. The Morgan fingerprint density at radius 1 is 1.06 bits per heavy atom. The van der Waals surface area contributed by atoms with Crippen LogP contribution in [0.4, 0.5) is 0 Å². The van der Waals surface area contributed by atoms with E-state index in [9.17, 15) is 4.79 Å². The van der Waals surface area contributed by atoms with Gasteiger partial charge in [-0.15, -0.1) is 0 Å². The number of allylic oxidation sites excluding steroid dienone is 1. The molecule has 0 unspecified atom stereocenters. The summed E-state index contributed by atoms with van der Waals surface area (Å²) >= 11 is 0. The molecule has 1 N–H and O–H groups in total. The zero-order chi connectivity index (χ0) is 23.4. The number of pyridine rings is 1. The molecule has 0 atom stereocenters. The number of nitrogens with zero attached hydrogens (tertiary/aromatic N) is 1. The highest BCUT2D eigenvalue weighted by Crippen LogP contribution is 2.41. The number of methoxy groups -OCH3 is 3. The maximum atomic E-state index is 13.0. The summed E-state index contributed by atoms with van der Waals surface area (Å²) in [5.74, 6) is 1.23. The fraction of sp³-hybridized carbons (Fsp3) is 0.308. The Bertz CT molecular complexity index is 1190. The molecule has 1 aromatic heterocycles. The number of hydrogen-bond donors (Lipinski definition) is 1. The molecule has 33 heavy (non-hydrogen) atoms. The van der Waals surface area contributed by atoms with Crippen molar-refractivity contribution in [2.75, 3.05) is 34.5 Å². The lowest BCUT2D eigenvalue weighted by atomic mass is 9.86. The van der Waals surface area contributed by atoms with Crippen molar-refractivity contribution in [2.45, 2.75) is 19.3 Å². The van der Waals surface area contributed by atoms with E-state index in [-0.39, 0.29) is 13.2 Å². The molecule has 1 aliphatic rings. The molecular formula is C26H27NO6. The average Bonchev–Trinajstić information content (AvgIpc) is 2.85. The number of fused-ring (bicyclic) bond motifs is 2. The molecule has 0 radical (unpaired) electrons. The largest absolute Gasteiger partial charge is 0.493 e. The number of ether oxygens (including phenoxy) is 4. The number of benzene rings is 2. The minimum absolute atomic E-state index is 0.0433. The highest BCUT2D eigenvalue weighted by atomic mass is 16.5. The lowest BCUT2D eigenvalue weighted by Crippen LogP contribution is -2.16. The summed E-state index contributed by atoms with van der Waals surface area (Å²) in [6.45, 7) is -0.262. The van der Waals surface area contributed by atoms with Crippen molar-refractivity contribution in [1.82, 2.24) is 4.98 Å². The number of esters is 1. The predicted molar refractivity (Wildman–Crippen MR) is 126 cm³/mol. The highest BCUT2D eigenvalue weighted by molar-refractivity contribution is 6.06. The molecule has 0 saturated carbocycles. The number of aromatic nitrogens is 1. The van der Waals surface area contributed by atoms with E-state index < -0.39 is 5.97 Å². The molecule has 0 spiro atoms. The van der Waals surface area contributed by atoms with Crippen molar-refractivity contribution in [2.24, 2.45) is 0 Å². The molecule has 7 heteroatoms. The van der Waals surface area contributed by atoms with Crippen LogP contribution >= 0.6 is 0 Å². The molecule has 3 aromatic rings. The average molecular weight is 450 g/mol. The molecular weight excluding hydrogens is 422 g/mol. The molecule has 0 fully saturated rings. The molecule has 2 aromatic carbocycles. The van der Waals surface area contributed by atoms with Crippen molar-refractivity contribution in [3.8, 4) is 17.2 Å². The monoisotopic (exact) mass is 449 g/mol. The quantitative estimate of drug-likeness (QED) is 0.539. The summed E-state index contributed by atoms with van der Waals surface area (Å²) < 4.78 is 21.7. The Kier molecular flexibility index (Phi) is 6.79. The topological polar surface area (TPSA) is 87.1 Å². The van der Waals surface area contributed by atoms with Crippen LogP contribution in [-0.2, 0) is 11.2 Å². The van der Waals surface area contributed by atoms with Gasteiger partial charge in [-0.2, -0.15) is 0 Å². The van der Waals surface area contributed by atoms with Crippen molar-refractivity contribution >= 4 is 28.5 Å². The van der Waals surface area contributed by atoms with E-state index in [2.05, 4.69) is 0 Å². The first kappa shape index (κ1) is 22.6. The van der Waals surface area contributed by atoms with Crippen LogP contribution in [-0.4, -0.2) is 50.6 Å². The van der Waals surface area contributed by atoms with Gasteiger partial charge in [-0.3, -0.25) is 0 Å². The fourth-order valence-corrected chi connectivity index (χ4v) is 4.30. The number of carbonyl (C=O) groups is 1. The Morgan fingerprint density at radius 2 is 1.79 bits per heavy atom. The first-order chi connectivity index (χ1) is 16.1. The van der Waals surface area contributed by atoms with Gasteiger partial charge in [-0.05, 0) is 60.2 Å². The van der Waals surface area contributed by atoms with E-state index in [1.54, 1.807) is 21.3 Å². The zero-order valence-corrected chi connectivity index (χ0v) is 19.0. The fourth-order valence-electron chi connectivity index (χ4n) is 4.30. The molecule has 7 nitrogen and oxygen atoms in total. The summed E-state index contributed by atoms with van der Waals surface area (Å²) in [6.07, 6.45) is 4.47. The van der Waals surface area contributed by atoms with Crippen molar-refractivity contribution in [3.63, 3.8) is 0 Å². The van der Waals surface area contributed by atoms with E-state index >= 15 is 0 Å². The van der Waals surface area contributed by atoms with Crippen LogP contribution < -0.4 is 14.2 Å². The van der Waals surface area contributed by atoms with Crippen LogP contribution in [0.3, 0.4) is 0 Å². The van der Waals surface area contributed by atoms with Gasteiger partial charge in [-0.25, -0.2) is 9.78 Å². The van der Waals surface area contributed by atoms with Crippen molar-refractivity contribution < 1.29 is 28.8 Å². The number of para-hydroxylation sites is 1. The molecule has 172 valence electrons. The first-order valence-corrected chi connectivity index (χ1v) is 10.8. The molecule has 4 rings (SSSR count). The second-order valence-corrected chi connectivity index (χ2v) is 7.67. The summed E-state index contributed by atoms with van der Waals surface area (Å²) in [6, 6.07) is 11.3. The molecule has 0 amide bonds. The summed E-state index contributed by atoms with van der Waals surface area (Å²) in [7, 11) is 4.74. The maximum Gasteiger partial charge on any atom is 0.339 e. The molecule has 1 heterocycles. The molecule has 0 aliphatic heterocycles. The summed E-state index contributed by atoms with van der Waals surface area (Å²) in [4.78, 5) is 17.9. The molecule has 0 saturated heterocycles. The van der Waals surface area contributed by atoms with Gasteiger partial charge in [0.05, 0.1) is 44.7 Å². The van der Waals surface area contributed by atoms with Gasteiger partial charge >= 0.3 is 5.97 Å². The smallest absolute Gasteiger partial charge is 0.339 e. The van der Waals surface area contributed by atoms with Gasteiger partial charge < -0.3 is 24.1 Å². The molecule has 0 bridgehead atoms. The lowest BCUT2D eigenvalue weighted by molar-refractivity contribution is 0.0434. The van der Waals surface area contributed by atoms with Crippen LogP contribution in [0.2, 0.25) is 0 Å². The van der Waals surface area contributed by atoms with Gasteiger partial charge in [-0.1, -0.05) is 18.2 Å². The summed E-state index contributed by atoms with van der Waals surface area (Å²) in [5.41, 5.74) is 4.83. The number of hydrogen-bond acceptors (Lipinski definition) is 7. The third-order valence-electron chi connectivity index (χ3n) is 5.73. The van der Waals surface area contributed by atoms with Crippen LogP contribution in [0.5, 0.6) is 17.2 Å². The van der Waals surface area contributed by atoms with Gasteiger partial charge in [0.1, 0.15) is 6.61 Å².